The Morgan fingerprint density at radius 3 is 2.26 bits per heavy atom. The molecule has 0 aromatic carbocycles. The molecule has 1 unspecified atom stereocenters. The normalized spacial score (nSPS) is 12.7. The van der Waals surface area contributed by atoms with E-state index in [-0.39, 0.29) is 13.1 Å². The van der Waals surface area contributed by atoms with Gasteiger partial charge in [0.15, 0.2) is 0 Å². The van der Waals surface area contributed by atoms with Gasteiger partial charge < -0.3 is 15.7 Å². The van der Waals surface area contributed by atoms with Crippen LogP contribution in [0.5, 0.6) is 0 Å². The highest BCUT2D eigenvalue weighted by molar-refractivity contribution is 7.88. The molecule has 2 amide bonds. The Morgan fingerprint density at radius 2 is 1.74 bits per heavy atom. The lowest BCUT2D eigenvalue weighted by molar-refractivity contribution is -0.141. The van der Waals surface area contributed by atoms with Crippen molar-refractivity contribution in [1.82, 2.24) is 15.4 Å². The van der Waals surface area contributed by atoms with E-state index >= 15 is 0 Å². The smallest absolute Gasteiger partial charge is 0.314 e. The standard InChI is InChI=1S/C10H21N3O5S/c1-8(9(14)15)4-3-5-11-10(16)12-6-7-13-19(2,17)18/h8,13H,3-7H2,1-2H3,(H,14,15)(H2,11,12,16). The zero-order chi connectivity index (χ0) is 14.9. The van der Waals surface area contributed by atoms with E-state index in [4.69, 9.17) is 5.11 Å². The van der Waals surface area contributed by atoms with Gasteiger partial charge in [0.25, 0.3) is 0 Å². The Kier molecular flexibility index (Phi) is 8.08. The summed E-state index contributed by atoms with van der Waals surface area (Å²) < 4.78 is 23.7. The zero-order valence-corrected chi connectivity index (χ0v) is 11.9. The topological polar surface area (TPSA) is 125 Å². The third-order valence-corrected chi connectivity index (χ3v) is 3.02. The van der Waals surface area contributed by atoms with Crippen molar-refractivity contribution in [2.45, 2.75) is 19.8 Å². The van der Waals surface area contributed by atoms with Gasteiger partial charge in [-0.25, -0.2) is 17.9 Å². The summed E-state index contributed by atoms with van der Waals surface area (Å²) in [6, 6.07) is -0.404. The molecule has 0 radical (unpaired) electrons. The van der Waals surface area contributed by atoms with Crippen molar-refractivity contribution in [3.63, 3.8) is 0 Å². The first-order chi connectivity index (χ1) is 8.72. The Balaban J connectivity index is 3.53. The van der Waals surface area contributed by atoms with Gasteiger partial charge in [0.05, 0.1) is 12.2 Å². The van der Waals surface area contributed by atoms with Crippen LogP contribution in [-0.2, 0) is 14.8 Å². The van der Waals surface area contributed by atoms with Gasteiger partial charge in [-0.05, 0) is 12.8 Å². The summed E-state index contributed by atoms with van der Waals surface area (Å²) in [6.45, 7) is 2.30. The lowest BCUT2D eigenvalue weighted by atomic mass is 10.1. The van der Waals surface area contributed by atoms with Crippen LogP contribution in [0, 0.1) is 5.92 Å². The van der Waals surface area contributed by atoms with Crippen LogP contribution in [0.25, 0.3) is 0 Å². The third kappa shape index (κ3) is 11.5. The van der Waals surface area contributed by atoms with Gasteiger partial charge in [0.1, 0.15) is 0 Å². The molecule has 0 saturated carbocycles. The molecule has 9 heteroatoms. The van der Waals surface area contributed by atoms with Gasteiger partial charge in [-0.1, -0.05) is 6.92 Å². The molecule has 0 bridgehead atoms. The van der Waals surface area contributed by atoms with Crippen molar-refractivity contribution in [3.05, 3.63) is 0 Å². The predicted molar refractivity (Wildman–Crippen MR) is 70.3 cm³/mol. The molecule has 0 aliphatic heterocycles. The largest absolute Gasteiger partial charge is 0.481 e. The monoisotopic (exact) mass is 295 g/mol. The summed E-state index contributed by atoms with van der Waals surface area (Å²) in [5.41, 5.74) is 0. The van der Waals surface area contributed by atoms with Gasteiger partial charge in [-0.2, -0.15) is 0 Å². The van der Waals surface area contributed by atoms with E-state index in [2.05, 4.69) is 15.4 Å². The summed E-state index contributed by atoms with van der Waals surface area (Å²) in [4.78, 5) is 21.8. The van der Waals surface area contributed by atoms with E-state index in [1.165, 1.54) is 0 Å². The van der Waals surface area contributed by atoms with Crippen LogP contribution in [0.3, 0.4) is 0 Å². The Morgan fingerprint density at radius 1 is 1.16 bits per heavy atom. The number of hydrogen-bond donors (Lipinski definition) is 4. The molecule has 0 aliphatic carbocycles. The molecule has 0 saturated heterocycles. The highest BCUT2D eigenvalue weighted by Gasteiger charge is 2.09. The predicted octanol–water partition coefficient (Wildman–Crippen LogP) is -0.664. The highest BCUT2D eigenvalue weighted by atomic mass is 32.2. The van der Waals surface area contributed by atoms with Gasteiger partial charge >= 0.3 is 12.0 Å². The van der Waals surface area contributed by atoms with Crippen molar-refractivity contribution in [2.75, 3.05) is 25.9 Å². The molecule has 0 fully saturated rings. The molecule has 19 heavy (non-hydrogen) atoms. The van der Waals surface area contributed by atoms with Crippen molar-refractivity contribution >= 4 is 22.0 Å². The maximum Gasteiger partial charge on any atom is 0.314 e. The summed E-state index contributed by atoms with van der Waals surface area (Å²) in [5, 5.41) is 13.7. The Labute approximate surface area is 113 Å². The maximum absolute atomic E-state index is 11.2. The first kappa shape index (κ1) is 17.6. The van der Waals surface area contributed by atoms with Gasteiger partial charge in [-0.15, -0.1) is 0 Å². The molecular weight excluding hydrogens is 274 g/mol. The van der Waals surface area contributed by atoms with Crippen molar-refractivity contribution in [2.24, 2.45) is 5.92 Å². The van der Waals surface area contributed by atoms with Crippen molar-refractivity contribution in [3.8, 4) is 0 Å². The van der Waals surface area contributed by atoms with Crippen LogP contribution in [0.2, 0.25) is 0 Å². The van der Waals surface area contributed by atoms with Crippen LogP contribution in [0.15, 0.2) is 0 Å². The third-order valence-electron chi connectivity index (χ3n) is 2.30. The van der Waals surface area contributed by atoms with Gasteiger partial charge in [0, 0.05) is 19.6 Å². The summed E-state index contributed by atoms with van der Waals surface area (Å²) in [6.07, 6.45) is 2.10. The second kappa shape index (κ2) is 8.70. The fraction of sp³-hybridized carbons (Fsp3) is 0.800. The number of urea groups is 1. The lowest BCUT2D eigenvalue weighted by Gasteiger charge is -2.09. The number of rotatable bonds is 9. The molecule has 0 spiro atoms. The molecule has 0 aliphatic rings. The fourth-order valence-corrected chi connectivity index (χ4v) is 1.68. The summed E-state index contributed by atoms with van der Waals surface area (Å²) in [5.74, 6) is -1.28. The van der Waals surface area contributed by atoms with Crippen LogP contribution < -0.4 is 15.4 Å². The van der Waals surface area contributed by atoms with E-state index < -0.39 is 27.9 Å². The molecule has 0 rings (SSSR count). The molecule has 0 aromatic rings. The molecule has 8 nitrogen and oxygen atoms in total. The average molecular weight is 295 g/mol. The van der Waals surface area contributed by atoms with Crippen LogP contribution in [-0.4, -0.2) is 51.4 Å². The minimum atomic E-state index is -3.24. The van der Waals surface area contributed by atoms with Crippen molar-refractivity contribution in [1.29, 1.82) is 0 Å². The maximum atomic E-state index is 11.2. The zero-order valence-electron chi connectivity index (χ0n) is 11.1. The number of carboxylic acids is 1. The van der Waals surface area contributed by atoms with Gasteiger partial charge in [0.2, 0.25) is 10.0 Å². The first-order valence-corrected chi connectivity index (χ1v) is 7.80. The number of carbonyl (C=O) groups excluding carboxylic acids is 1. The number of sulfonamides is 1. The molecule has 4 N–H and O–H groups in total. The highest BCUT2D eigenvalue weighted by Crippen LogP contribution is 2.03. The minimum Gasteiger partial charge on any atom is -0.481 e. The van der Waals surface area contributed by atoms with E-state index in [0.717, 1.165) is 6.26 Å². The SMILES string of the molecule is CC(CCCNC(=O)NCCNS(C)(=O)=O)C(=O)O. The van der Waals surface area contributed by atoms with E-state index in [1.807, 2.05) is 0 Å². The van der Waals surface area contributed by atoms with Crippen LogP contribution >= 0.6 is 0 Å². The lowest BCUT2D eigenvalue weighted by Crippen LogP contribution is -2.40. The van der Waals surface area contributed by atoms with E-state index in [9.17, 15) is 18.0 Å². The second-order valence-electron chi connectivity index (χ2n) is 4.23. The molecular formula is C10H21N3O5S. The number of hydrogen-bond acceptors (Lipinski definition) is 4. The van der Waals surface area contributed by atoms with Gasteiger partial charge in [-0.3, -0.25) is 4.79 Å². The summed E-state index contributed by atoms with van der Waals surface area (Å²) >= 11 is 0. The van der Waals surface area contributed by atoms with Crippen molar-refractivity contribution < 1.29 is 23.1 Å². The second-order valence-corrected chi connectivity index (χ2v) is 6.06. The number of nitrogens with one attached hydrogen (secondary N) is 3. The Hall–Kier alpha value is -1.35. The number of aliphatic carboxylic acids is 1. The molecule has 0 heterocycles. The van der Waals surface area contributed by atoms with Crippen LogP contribution in [0.4, 0.5) is 4.79 Å². The first-order valence-electron chi connectivity index (χ1n) is 5.91. The van der Waals surface area contributed by atoms with Crippen LogP contribution in [0.1, 0.15) is 19.8 Å². The van der Waals surface area contributed by atoms with E-state index in [0.29, 0.717) is 19.4 Å². The number of carbonyl (C=O) groups is 2. The fourth-order valence-electron chi connectivity index (χ4n) is 1.21. The number of amides is 2. The Bertz CT molecular complexity index is 396. The van der Waals surface area contributed by atoms with E-state index in [1.54, 1.807) is 6.92 Å². The summed E-state index contributed by atoms with van der Waals surface area (Å²) in [7, 11) is -3.24. The number of carboxylic acid groups (broad SMARTS) is 1. The molecule has 0 aromatic heterocycles. The molecule has 1 atom stereocenters. The minimum absolute atomic E-state index is 0.127. The molecule has 112 valence electrons. The quantitative estimate of drug-likeness (QED) is 0.420. The average Bonchev–Trinajstić information content (AvgIpc) is 2.28.